The van der Waals surface area contributed by atoms with Crippen molar-refractivity contribution in [3.05, 3.63) is 23.9 Å². The van der Waals surface area contributed by atoms with Gasteiger partial charge >= 0.3 is 0 Å². The Balaban J connectivity index is 2.31. The summed E-state index contributed by atoms with van der Waals surface area (Å²) >= 11 is 0. The van der Waals surface area contributed by atoms with Crippen molar-refractivity contribution in [1.82, 2.24) is 4.98 Å². The number of nitrogens with zero attached hydrogens (tertiary/aromatic N) is 3. The Bertz CT molecular complexity index is 459. The van der Waals surface area contributed by atoms with Crippen molar-refractivity contribution in [3.8, 4) is 0 Å². The zero-order chi connectivity index (χ0) is 11.7. The van der Waals surface area contributed by atoms with E-state index in [1.807, 2.05) is 6.92 Å². The molecule has 16 heavy (non-hydrogen) atoms. The highest BCUT2D eigenvalue weighted by Gasteiger charge is 2.30. The number of amides is 1. The van der Waals surface area contributed by atoms with Crippen LogP contribution in [0.2, 0.25) is 0 Å². The molecule has 0 spiro atoms. The predicted octanol–water partition coefficient (Wildman–Crippen LogP) is 1.75. The molecule has 2 heterocycles. The number of pyridine rings is 1. The number of alkyl halides is 2. The van der Waals surface area contributed by atoms with Crippen LogP contribution < -0.4 is 5.01 Å². The van der Waals surface area contributed by atoms with E-state index in [2.05, 4.69) is 10.1 Å². The lowest BCUT2D eigenvalue weighted by molar-refractivity contribution is -0.117. The lowest BCUT2D eigenvalue weighted by Gasteiger charge is -2.10. The van der Waals surface area contributed by atoms with Gasteiger partial charge in [-0.2, -0.15) is 10.1 Å². The quantitative estimate of drug-likeness (QED) is 0.769. The fourth-order valence-corrected chi connectivity index (χ4v) is 1.39. The molecule has 0 bridgehead atoms. The fraction of sp³-hybridized carbons (Fsp3) is 0.300. The highest BCUT2D eigenvalue weighted by atomic mass is 19.3. The zero-order valence-electron chi connectivity index (χ0n) is 8.52. The number of aromatic nitrogens is 1. The van der Waals surface area contributed by atoms with Crippen molar-refractivity contribution >= 4 is 17.4 Å². The number of hydrogen-bond acceptors (Lipinski definition) is 3. The molecule has 1 aliphatic rings. The number of rotatable bonds is 2. The fourth-order valence-electron chi connectivity index (χ4n) is 1.39. The van der Waals surface area contributed by atoms with Gasteiger partial charge < -0.3 is 0 Å². The van der Waals surface area contributed by atoms with Crippen LogP contribution in [0.1, 0.15) is 12.0 Å². The molecule has 4 nitrogen and oxygen atoms in total. The summed E-state index contributed by atoms with van der Waals surface area (Å²) in [4.78, 5) is 15.4. The minimum Gasteiger partial charge on any atom is -0.272 e. The van der Waals surface area contributed by atoms with Crippen molar-refractivity contribution in [3.63, 3.8) is 0 Å². The first kappa shape index (κ1) is 10.7. The van der Waals surface area contributed by atoms with Crippen LogP contribution in [0.4, 0.5) is 14.6 Å². The molecule has 1 aliphatic heterocycles. The Morgan fingerprint density at radius 2 is 2.25 bits per heavy atom. The molecule has 2 rings (SSSR count). The zero-order valence-corrected chi connectivity index (χ0v) is 8.52. The van der Waals surface area contributed by atoms with Crippen molar-refractivity contribution in [2.75, 3.05) is 5.01 Å². The van der Waals surface area contributed by atoms with Crippen molar-refractivity contribution in [2.24, 2.45) is 5.10 Å². The summed E-state index contributed by atoms with van der Waals surface area (Å²) < 4.78 is 24.7. The first-order chi connectivity index (χ1) is 7.58. The molecule has 0 aliphatic carbocycles. The second-order valence-corrected chi connectivity index (χ2v) is 3.47. The summed E-state index contributed by atoms with van der Waals surface area (Å²) in [6.45, 7) is 1.82. The molecular formula is C10H9F2N3O. The first-order valence-corrected chi connectivity index (χ1v) is 4.69. The topological polar surface area (TPSA) is 45.6 Å². The monoisotopic (exact) mass is 225 g/mol. The van der Waals surface area contributed by atoms with E-state index in [0.717, 1.165) is 10.6 Å². The van der Waals surface area contributed by atoms with E-state index in [-0.39, 0.29) is 12.2 Å². The van der Waals surface area contributed by atoms with Gasteiger partial charge in [-0.15, -0.1) is 0 Å². The summed E-state index contributed by atoms with van der Waals surface area (Å²) in [6, 6.07) is 3.37. The summed E-state index contributed by atoms with van der Waals surface area (Å²) in [5.41, 5.74) is 0.479. The molecule has 0 saturated heterocycles. The lowest BCUT2D eigenvalue weighted by Crippen LogP contribution is -2.20. The molecule has 0 unspecified atom stereocenters. The minimum atomic E-state index is -2.70. The third-order valence-corrected chi connectivity index (χ3v) is 2.17. The van der Waals surface area contributed by atoms with Crippen LogP contribution in [0.3, 0.4) is 0 Å². The van der Waals surface area contributed by atoms with Crippen LogP contribution in [0.25, 0.3) is 0 Å². The van der Waals surface area contributed by atoms with Gasteiger partial charge in [-0.1, -0.05) is 0 Å². The van der Waals surface area contributed by atoms with Gasteiger partial charge in [-0.3, -0.25) is 4.79 Å². The van der Waals surface area contributed by atoms with E-state index >= 15 is 0 Å². The minimum absolute atomic E-state index is 0.278. The second-order valence-electron chi connectivity index (χ2n) is 3.47. The van der Waals surface area contributed by atoms with Gasteiger partial charge in [0.05, 0.1) is 6.42 Å². The van der Waals surface area contributed by atoms with Crippen LogP contribution >= 0.6 is 0 Å². The van der Waals surface area contributed by atoms with E-state index in [0.29, 0.717) is 0 Å². The number of hydrogen-bond donors (Lipinski definition) is 0. The highest BCUT2D eigenvalue weighted by Crippen LogP contribution is 2.20. The molecule has 0 N–H and O–H groups in total. The number of anilines is 1. The van der Waals surface area contributed by atoms with E-state index in [4.69, 9.17) is 0 Å². The Labute approximate surface area is 90.6 Å². The van der Waals surface area contributed by atoms with E-state index < -0.39 is 18.0 Å². The standard InChI is InChI=1S/C10H9F2N3O/c1-6-2-3-13-8(4-6)15-9(16)5-7(14-15)10(11)12/h2-4,10H,5H2,1H3. The lowest BCUT2D eigenvalue weighted by atomic mass is 10.3. The maximum absolute atomic E-state index is 12.4. The largest absolute Gasteiger partial charge is 0.278 e. The maximum atomic E-state index is 12.4. The highest BCUT2D eigenvalue weighted by molar-refractivity contribution is 6.13. The van der Waals surface area contributed by atoms with Gasteiger partial charge in [0, 0.05) is 6.20 Å². The number of aryl methyl sites for hydroxylation is 1. The molecule has 0 radical (unpaired) electrons. The number of carbonyl (C=O) groups is 1. The van der Waals surface area contributed by atoms with Crippen LogP contribution in [-0.4, -0.2) is 23.0 Å². The average molecular weight is 225 g/mol. The van der Waals surface area contributed by atoms with Crippen molar-refractivity contribution in [1.29, 1.82) is 0 Å². The molecule has 0 saturated carbocycles. The van der Waals surface area contributed by atoms with Crippen LogP contribution in [0.5, 0.6) is 0 Å². The third kappa shape index (κ3) is 1.91. The molecule has 84 valence electrons. The Morgan fingerprint density at radius 1 is 1.50 bits per heavy atom. The van der Waals surface area contributed by atoms with Gasteiger partial charge in [0.15, 0.2) is 5.82 Å². The van der Waals surface area contributed by atoms with Gasteiger partial charge in [-0.25, -0.2) is 13.8 Å². The molecule has 0 aromatic carbocycles. The molecule has 1 aromatic rings. The van der Waals surface area contributed by atoms with Crippen LogP contribution in [-0.2, 0) is 4.79 Å². The molecule has 0 atom stereocenters. The average Bonchev–Trinajstić information content (AvgIpc) is 2.60. The Morgan fingerprint density at radius 3 is 2.81 bits per heavy atom. The second kappa shape index (κ2) is 3.96. The third-order valence-electron chi connectivity index (χ3n) is 2.17. The molecule has 1 amide bonds. The number of halogens is 2. The van der Waals surface area contributed by atoms with Gasteiger partial charge in [0.1, 0.15) is 5.71 Å². The summed E-state index contributed by atoms with van der Waals surface area (Å²) in [6.07, 6.45) is -1.53. The number of hydrazone groups is 1. The molecule has 1 aromatic heterocycles. The summed E-state index contributed by atoms with van der Waals surface area (Å²) in [5, 5.41) is 4.49. The van der Waals surface area contributed by atoms with Crippen molar-refractivity contribution < 1.29 is 13.6 Å². The van der Waals surface area contributed by atoms with Crippen LogP contribution in [0.15, 0.2) is 23.4 Å². The SMILES string of the molecule is Cc1ccnc(N2N=C(C(F)F)CC2=O)c1. The maximum Gasteiger partial charge on any atom is 0.278 e. The smallest absolute Gasteiger partial charge is 0.272 e. The number of carbonyl (C=O) groups excluding carboxylic acids is 1. The van der Waals surface area contributed by atoms with Gasteiger partial charge in [0.2, 0.25) is 0 Å². The summed E-state index contributed by atoms with van der Waals surface area (Å²) in [5.74, 6) is -0.200. The predicted molar refractivity (Wildman–Crippen MR) is 54.5 cm³/mol. The van der Waals surface area contributed by atoms with E-state index in [1.165, 1.54) is 6.20 Å². The van der Waals surface area contributed by atoms with E-state index in [1.54, 1.807) is 12.1 Å². The first-order valence-electron chi connectivity index (χ1n) is 4.69. The van der Waals surface area contributed by atoms with Gasteiger partial charge in [0.25, 0.3) is 12.3 Å². The molecule has 0 fully saturated rings. The Hall–Kier alpha value is -1.85. The molecule has 6 heteroatoms. The normalized spacial score (nSPS) is 15.9. The van der Waals surface area contributed by atoms with Crippen molar-refractivity contribution in [2.45, 2.75) is 19.8 Å². The van der Waals surface area contributed by atoms with Crippen LogP contribution in [0, 0.1) is 6.92 Å². The van der Waals surface area contributed by atoms with Gasteiger partial charge in [-0.05, 0) is 24.6 Å². The molecular weight excluding hydrogens is 216 g/mol. The Kier molecular flexibility index (Phi) is 2.64. The summed E-state index contributed by atoms with van der Waals surface area (Å²) in [7, 11) is 0. The van der Waals surface area contributed by atoms with E-state index in [9.17, 15) is 13.6 Å².